The van der Waals surface area contributed by atoms with Crippen molar-refractivity contribution >= 4 is 37.5 Å². The number of piperidine rings is 1. The van der Waals surface area contributed by atoms with E-state index in [9.17, 15) is 13.2 Å². The average Bonchev–Trinajstić information content (AvgIpc) is 3.52. The average molecular weight is 496 g/mol. The first-order chi connectivity index (χ1) is 16.4. The Morgan fingerprint density at radius 1 is 1.12 bits per heavy atom. The van der Waals surface area contributed by atoms with Gasteiger partial charge in [0.05, 0.1) is 15.3 Å². The van der Waals surface area contributed by atoms with Crippen LogP contribution in [-0.2, 0) is 16.4 Å². The van der Waals surface area contributed by atoms with Crippen molar-refractivity contribution in [2.45, 2.75) is 37.1 Å². The van der Waals surface area contributed by atoms with Gasteiger partial charge in [-0.25, -0.2) is 13.4 Å². The van der Waals surface area contributed by atoms with Crippen molar-refractivity contribution < 1.29 is 13.2 Å². The van der Waals surface area contributed by atoms with E-state index in [4.69, 9.17) is 0 Å². The number of rotatable bonds is 6. The molecule has 176 valence electrons. The zero-order valence-electron chi connectivity index (χ0n) is 18.8. The summed E-state index contributed by atoms with van der Waals surface area (Å²) in [6, 6.07) is 12.5. The highest BCUT2D eigenvalue weighted by molar-refractivity contribution is 7.91. The second-order valence-electron chi connectivity index (χ2n) is 8.63. The first kappa shape index (κ1) is 22.7. The number of sulfone groups is 1. The van der Waals surface area contributed by atoms with Crippen molar-refractivity contribution in [2.75, 3.05) is 18.8 Å². The Morgan fingerprint density at radius 2 is 1.88 bits per heavy atom. The summed E-state index contributed by atoms with van der Waals surface area (Å²) in [7, 11) is -3.37. The third-order valence-electron chi connectivity index (χ3n) is 6.37. The molecule has 1 saturated heterocycles. The summed E-state index contributed by atoms with van der Waals surface area (Å²) < 4.78 is 32.4. The summed E-state index contributed by atoms with van der Waals surface area (Å²) in [5, 5.41) is 4.06. The van der Waals surface area contributed by atoms with Gasteiger partial charge in [-0.15, -0.1) is 5.10 Å². The summed E-state index contributed by atoms with van der Waals surface area (Å²) in [6.07, 6.45) is 5.14. The minimum atomic E-state index is -3.37. The van der Waals surface area contributed by atoms with E-state index in [1.807, 2.05) is 46.9 Å². The number of nitrogens with zero attached hydrogens (tertiary/aromatic N) is 5. The molecule has 3 heterocycles. The number of imidazole rings is 1. The topological polar surface area (TPSA) is 98.1 Å². The lowest BCUT2D eigenvalue weighted by Gasteiger charge is -2.32. The summed E-state index contributed by atoms with van der Waals surface area (Å²) >= 11 is 1.32. The molecule has 8 nitrogen and oxygen atoms in total. The van der Waals surface area contributed by atoms with Gasteiger partial charge < -0.3 is 9.47 Å². The molecule has 2 aromatic heterocycles. The fraction of sp³-hybridized carbons (Fsp3) is 0.333. The predicted molar refractivity (Wildman–Crippen MR) is 131 cm³/mol. The number of aromatic nitrogens is 4. The molecule has 0 spiro atoms. The SMILES string of the molecule is Cc1ccc(S(=O)(=O)CCn2ccnc2C2CCN(C(=O)c3ccc4snnc4c3)CC2)cc1. The van der Waals surface area contributed by atoms with Gasteiger partial charge in [0.2, 0.25) is 0 Å². The number of amides is 1. The predicted octanol–water partition coefficient (Wildman–Crippen LogP) is 3.69. The lowest BCUT2D eigenvalue weighted by Crippen LogP contribution is -2.38. The van der Waals surface area contributed by atoms with Gasteiger partial charge in [0.1, 0.15) is 11.3 Å². The molecule has 0 N–H and O–H groups in total. The molecule has 0 bridgehead atoms. The van der Waals surface area contributed by atoms with Crippen LogP contribution < -0.4 is 0 Å². The van der Waals surface area contributed by atoms with E-state index >= 15 is 0 Å². The molecular weight excluding hydrogens is 470 g/mol. The van der Waals surface area contributed by atoms with Gasteiger partial charge in [-0.05, 0) is 61.6 Å². The molecule has 2 aromatic carbocycles. The lowest BCUT2D eigenvalue weighted by molar-refractivity contribution is 0.0710. The van der Waals surface area contributed by atoms with Crippen molar-refractivity contribution in [2.24, 2.45) is 0 Å². The van der Waals surface area contributed by atoms with Crippen LogP contribution in [0.5, 0.6) is 0 Å². The van der Waals surface area contributed by atoms with E-state index in [2.05, 4.69) is 14.6 Å². The van der Waals surface area contributed by atoms with Gasteiger partial charge in [-0.2, -0.15) is 0 Å². The maximum absolute atomic E-state index is 13.0. The molecule has 0 radical (unpaired) electrons. The van der Waals surface area contributed by atoms with E-state index in [0.29, 0.717) is 30.1 Å². The van der Waals surface area contributed by atoms with Crippen LogP contribution in [0.15, 0.2) is 59.8 Å². The third-order valence-corrected chi connectivity index (χ3v) is 8.79. The van der Waals surface area contributed by atoms with Gasteiger partial charge in [0.15, 0.2) is 9.84 Å². The van der Waals surface area contributed by atoms with Crippen molar-refractivity contribution in [3.05, 3.63) is 71.8 Å². The van der Waals surface area contributed by atoms with Gasteiger partial charge >= 0.3 is 0 Å². The molecule has 1 fully saturated rings. The summed E-state index contributed by atoms with van der Waals surface area (Å²) in [5.41, 5.74) is 2.40. The Bertz CT molecular complexity index is 1420. The number of carbonyl (C=O) groups excluding carboxylic acids is 1. The van der Waals surface area contributed by atoms with Gasteiger partial charge in [0, 0.05) is 43.5 Å². The van der Waals surface area contributed by atoms with E-state index in [1.165, 1.54) is 11.5 Å². The van der Waals surface area contributed by atoms with Crippen LogP contribution in [-0.4, -0.2) is 57.2 Å². The Labute approximate surface area is 202 Å². The highest BCUT2D eigenvalue weighted by atomic mass is 32.2. The minimum Gasteiger partial charge on any atom is -0.339 e. The van der Waals surface area contributed by atoms with Crippen molar-refractivity contribution in [1.82, 2.24) is 24.0 Å². The van der Waals surface area contributed by atoms with Crippen LogP contribution in [0.25, 0.3) is 10.2 Å². The molecule has 4 aromatic rings. The first-order valence-corrected chi connectivity index (χ1v) is 13.7. The molecule has 1 aliphatic rings. The first-order valence-electron chi connectivity index (χ1n) is 11.2. The van der Waals surface area contributed by atoms with Gasteiger partial charge in [-0.1, -0.05) is 22.2 Å². The number of hydrogen-bond acceptors (Lipinski definition) is 7. The van der Waals surface area contributed by atoms with Crippen molar-refractivity contribution in [3.8, 4) is 0 Å². The molecule has 0 saturated carbocycles. The molecule has 34 heavy (non-hydrogen) atoms. The van der Waals surface area contributed by atoms with Crippen LogP contribution in [0, 0.1) is 6.92 Å². The van der Waals surface area contributed by atoms with E-state index < -0.39 is 9.84 Å². The number of hydrogen-bond donors (Lipinski definition) is 0. The molecule has 0 unspecified atom stereocenters. The molecule has 10 heteroatoms. The highest BCUT2D eigenvalue weighted by Crippen LogP contribution is 2.28. The number of benzene rings is 2. The molecule has 0 atom stereocenters. The van der Waals surface area contributed by atoms with Gasteiger partial charge in [0.25, 0.3) is 5.91 Å². The van der Waals surface area contributed by atoms with E-state index in [-0.39, 0.29) is 17.6 Å². The molecule has 5 rings (SSSR count). The van der Waals surface area contributed by atoms with Crippen molar-refractivity contribution in [1.29, 1.82) is 0 Å². The van der Waals surface area contributed by atoms with Crippen LogP contribution in [0.1, 0.15) is 40.5 Å². The monoisotopic (exact) mass is 495 g/mol. The standard InChI is InChI=1S/C24H25N5O3S2/c1-17-2-5-20(6-3-17)34(31,32)15-14-28-13-10-25-23(28)18-8-11-29(12-9-18)24(30)19-4-7-22-21(16-19)26-27-33-22/h2-7,10,13,16,18H,8-9,11-12,14-15H2,1H3. The Hall–Kier alpha value is -3.11. The zero-order chi connectivity index (χ0) is 23.7. The van der Waals surface area contributed by atoms with Gasteiger partial charge in [-0.3, -0.25) is 4.79 Å². The van der Waals surface area contributed by atoms with E-state index in [1.54, 1.807) is 24.4 Å². The summed E-state index contributed by atoms with van der Waals surface area (Å²) in [4.78, 5) is 19.7. The number of carbonyl (C=O) groups is 1. The fourth-order valence-electron chi connectivity index (χ4n) is 4.39. The van der Waals surface area contributed by atoms with Crippen LogP contribution in [0.3, 0.4) is 0 Å². The number of aryl methyl sites for hydroxylation is 2. The Kier molecular flexibility index (Phi) is 6.18. The number of fused-ring (bicyclic) bond motifs is 1. The number of likely N-dealkylation sites (tertiary alicyclic amines) is 1. The lowest BCUT2D eigenvalue weighted by atomic mass is 9.95. The molecule has 1 amide bonds. The summed E-state index contributed by atoms with van der Waals surface area (Å²) in [5.74, 6) is 1.10. The largest absolute Gasteiger partial charge is 0.339 e. The second kappa shape index (κ2) is 9.27. The molecule has 0 aliphatic carbocycles. The maximum Gasteiger partial charge on any atom is 0.253 e. The molecular formula is C24H25N5O3S2. The quantitative estimate of drug-likeness (QED) is 0.405. The normalized spacial score (nSPS) is 15.1. The summed E-state index contributed by atoms with van der Waals surface area (Å²) in [6.45, 7) is 3.55. The Morgan fingerprint density at radius 3 is 2.65 bits per heavy atom. The highest BCUT2D eigenvalue weighted by Gasteiger charge is 2.27. The Balaban J connectivity index is 1.22. The van der Waals surface area contributed by atoms with Crippen LogP contribution >= 0.6 is 11.5 Å². The smallest absolute Gasteiger partial charge is 0.253 e. The minimum absolute atomic E-state index is 0.000818. The second-order valence-corrected chi connectivity index (χ2v) is 11.5. The van der Waals surface area contributed by atoms with E-state index in [0.717, 1.165) is 34.4 Å². The molecule has 1 aliphatic heterocycles. The maximum atomic E-state index is 13.0. The fourth-order valence-corrected chi connectivity index (χ4v) is 6.15. The zero-order valence-corrected chi connectivity index (χ0v) is 20.4. The van der Waals surface area contributed by atoms with Crippen LogP contribution in [0.4, 0.5) is 0 Å². The third kappa shape index (κ3) is 4.60. The van der Waals surface area contributed by atoms with Crippen LogP contribution in [0.2, 0.25) is 0 Å². The van der Waals surface area contributed by atoms with Crippen molar-refractivity contribution in [3.63, 3.8) is 0 Å².